The van der Waals surface area contributed by atoms with Crippen molar-refractivity contribution in [2.75, 3.05) is 5.32 Å². The number of rotatable bonds is 5. The molecule has 0 aliphatic rings. The van der Waals surface area contributed by atoms with E-state index in [2.05, 4.69) is 15.5 Å². The van der Waals surface area contributed by atoms with Crippen molar-refractivity contribution in [2.45, 2.75) is 33.2 Å². The lowest BCUT2D eigenvalue weighted by Gasteiger charge is -2.11. The zero-order valence-corrected chi connectivity index (χ0v) is 15.4. The number of halogens is 1. The molecule has 2 heterocycles. The topological polar surface area (TPSA) is 76.9 Å². The zero-order valence-electron chi connectivity index (χ0n) is 13.9. The third-order valence-corrected chi connectivity index (χ3v) is 4.91. The van der Waals surface area contributed by atoms with E-state index < -0.39 is 5.91 Å². The molecule has 6 nitrogen and oxygen atoms in total. The van der Waals surface area contributed by atoms with Crippen molar-refractivity contribution in [1.82, 2.24) is 14.8 Å². The van der Waals surface area contributed by atoms with E-state index in [-0.39, 0.29) is 11.0 Å². The molecule has 2 aromatic heterocycles. The lowest BCUT2D eigenvalue weighted by molar-refractivity contribution is 0.102. The van der Waals surface area contributed by atoms with Crippen molar-refractivity contribution in [3.8, 4) is 0 Å². The van der Waals surface area contributed by atoms with E-state index in [1.165, 1.54) is 11.3 Å². The highest BCUT2D eigenvalue weighted by Gasteiger charge is 2.17. The highest BCUT2D eigenvalue weighted by Crippen LogP contribution is 2.20. The van der Waals surface area contributed by atoms with Crippen molar-refractivity contribution in [3.05, 3.63) is 50.2 Å². The monoisotopic (exact) mass is 376 g/mol. The van der Waals surface area contributed by atoms with Gasteiger partial charge in [0, 0.05) is 29.6 Å². The summed E-state index contributed by atoms with van der Waals surface area (Å²) in [6.07, 6.45) is 3.34. The summed E-state index contributed by atoms with van der Waals surface area (Å²) in [7, 11) is 0. The van der Waals surface area contributed by atoms with Crippen molar-refractivity contribution in [3.63, 3.8) is 0 Å². The average molecular weight is 377 g/mol. The maximum atomic E-state index is 12.7. The molecule has 0 bridgehead atoms. The summed E-state index contributed by atoms with van der Waals surface area (Å²) in [5.41, 5.74) is 0.455. The molecule has 0 fully saturated rings. The number of pyridine rings is 1. The van der Waals surface area contributed by atoms with E-state index in [1.54, 1.807) is 24.4 Å². The number of fused-ring (bicyclic) bond motifs is 1. The first-order valence-corrected chi connectivity index (χ1v) is 9.19. The molecule has 0 unspecified atom stereocenters. The van der Waals surface area contributed by atoms with Gasteiger partial charge in [0.05, 0.1) is 5.52 Å². The summed E-state index contributed by atoms with van der Waals surface area (Å²) in [5.74, 6) is -0.492. The standard InChI is InChI=1S/C17H17ClN4O2S/c1-3-5-14-20-21-17(25-14)19-16(24)12-9-22(4-2)13-7-6-10(18)8-11(13)15(12)23/h6-9H,3-5H2,1-2H3,(H,19,21,24). The van der Waals surface area contributed by atoms with E-state index in [0.717, 1.165) is 23.4 Å². The maximum Gasteiger partial charge on any atom is 0.262 e. The first kappa shape index (κ1) is 17.6. The van der Waals surface area contributed by atoms with Gasteiger partial charge >= 0.3 is 0 Å². The molecule has 8 heteroatoms. The summed E-state index contributed by atoms with van der Waals surface area (Å²) in [5, 5.41) is 12.8. The highest BCUT2D eigenvalue weighted by molar-refractivity contribution is 7.15. The number of carbonyl (C=O) groups is 1. The third kappa shape index (κ3) is 3.57. The summed E-state index contributed by atoms with van der Waals surface area (Å²) in [6, 6.07) is 5.10. The molecule has 0 saturated carbocycles. The number of hydrogen-bond donors (Lipinski definition) is 1. The smallest absolute Gasteiger partial charge is 0.262 e. The van der Waals surface area contributed by atoms with Crippen molar-refractivity contribution >= 4 is 44.9 Å². The van der Waals surface area contributed by atoms with Gasteiger partial charge < -0.3 is 4.57 Å². The Balaban J connectivity index is 2.00. The van der Waals surface area contributed by atoms with Crippen LogP contribution in [0.25, 0.3) is 10.9 Å². The Kier molecular flexibility index (Phi) is 5.15. The van der Waals surface area contributed by atoms with Crippen LogP contribution in [0.1, 0.15) is 35.6 Å². The van der Waals surface area contributed by atoms with Crippen LogP contribution in [0.3, 0.4) is 0 Å². The van der Waals surface area contributed by atoms with E-state index >= 15 is 0 Å². The maximum absolute atomic E-state index is 12.7. The third-order valence-electron chi connectivity index (χ3n) is 3.78. The molecule has 0 aliphatic carbocycles. The number of nitrogens with zero attached hydrogens (tertiary/aromatic N) is 3. The molecule has 1 N–H and O–H groups in total. The highest BCUT2D eigenvalue weighted by atomic mass is 35.5. The number of aromatic nitrogens is 3. The first-order valence-electron chi connectivity index (χ1n) is 8.00. The fourth-order valence-electron chi connectivity index (χ4n) is 2.58. The van der Waals surface area contributed by atoms with Crippen molar-refractivity contribution < 1.29 is 4.79 Å². The van der Waals surface area contributed by atoms with Gasteiger partial charge in [0.25, 0.3) is 5.91 Å². The number of anilines is 1. The molecule has 0 radical (unpaired) electrons. The van der Waals surface area contributed by atoms with Crippen LogP contribution < -0.4 is 10.7 Å². The molecule has 130 valence electrons. The number of hydrogen-bond acceptors (Lipinski definition) is 5. The number of aryl methyl sites for hydroxylation is 2. The molecule has 0 spiro atoms. The van der Waals surface area contributed by atoms with Crippen molar-refractivity contribution in [2.24, 2.45) is 0 Å². The molecular formula is C17H17ClN4O2S. The van der Waals surface area contributed by atoms with Gasteiger partial charge in [0.15, 0.2) is 0 Å². The molecule has 3 aromatic rings. The van der Waals surface area contributed by atoms with Crippen LogP contribution in [0.2, 0.25) is 5.02 Å². The van der Waals surface area contributed by atoms with Crippen LogP contribution in [0.5, 0.6) is 0 Å². The van der Waals surface area contributed by atoms with E-state index in [1.807, 2.05) is 18.4 Å². The Morgan fingerprint density at radius 2 is 2.12 bits per heavy atom. The Bertz CT molecular complexity index is 996. The Labute approximate surface area is 153 Å². The van der Waals surface area contributed by atoms with Crippen molar-refractivity contribution in [1.29, 1.82) is 0 Å². The molecule has 1 aromatic carbocycles. The largest absolute Gasteiger partial charge is 0.347 e. The second kappa shape index (κ2) is 7.33. The molecular weight excluding hydrogens is 360 g/mol. The van der Waals surface area contributed by atoms with Crippen LogP contribution in [0, 0.1) is 0 Å². The Hall–Kier alpha value is -2.25. The van der Waals surface area contributed by atoms with Gasteiger partial charge in [-0.2, -0.15) is 0 Å². The Morgan fingerprint density at radius 1 is 1.32 bits per heavy atom. The van der Waals surface area contributed by atoms with Crippen LogP contribution >= 0.6 is 22.9 Å². The second-order valence-electron chi connectivity index (χ2n) is 5.52. The zero-order chi connectivity index (χ0) is 18.0. The van der Waals surface area contributed by atoms with E-state index in [0.29, 0.717) is 22.1 Å². The second-order valence-corrected chi connectivity index (χ2v) is 7.02. The molecule has 0 saturated heterocycles. The minimum atomic E-state index is -0.492. The van der Waals surface area contributed by atoms with Crippen LogP contribution in [0.4, 0.5) is 5.13 Å². The summed E-state index contributed by atoms with van der Waals surface area (Å²) in [6.45, 7) is 4.62. The van der Waals surface area contributed by atoms with Gasteiger partial charge in [-0.15, -0.1) is 10.2 Å². The van der Waals surface area contributed by atoms with Crippen LogP contribution in [-0.2, 0) is 13.0 Å². The van der Waals surface area contributed by atoms with E-state index in [9.17, 15) is 9.59 Å². The number of amides is 1. The Morgan fingerprint density at radius 3 is 2.84 bits per heavy atom. The summed E-state index contributed by atoms with van der Waals surface area (Å²) in [4.78, 5) is 25.3. The van der Waals surface area contributed by atoms with E-state index in [4.69, 9.17) is 11.6 Å². The van der Waals surface area contributed by atoms with Gasteiger partial charge in [-0.05, 0) is 31.5 Å². The predicted molar refractivity (Wildman–Crippen MR) is 101 cm³/mol. The van der Waals surface area contributed by atoms with Crippen LogP contribution in [0.15, 0.2) is 29.2 Å². The molecule has 0 atom stereocenters. The number of benzene rings is 1. The minimum Gasteiger partial charge on any atom is -0.347 e. The van der Waals surface area contributed by atoms with Gasteiger partial charge in [0.2, 0.25) is 10.6 Å². The predicted octanol–water partition coefficient (Wildman–Crippen LogP) is 3.73. The average Bonchev–Trinajstić information content (AvgIpc) is 3.03. The normalized spacial score (nSPS) is 11.0. The molecule has 1 amide bonds. The fraction of sp³-hybridized carbons (Fsp3) is 0.294. The van der Waals surface area contributed by atoms with Gasteiger partial charge in [-0.3, -0.25) is 14.9 Å². The lowest BCUT2D eigenvalue weighted by Crippen LogP contribution is -2.23. The number of nitrogens with one attached hydrogen (secondary N) is 1. The van der Waals surface area contributed by atoms with Gasteiger partial charge in [0.1, 0.15) is 10.6 Å². The molecule has 3 rings (SSSR count). The molecule has 0 aliphatic heterocycles. The van der Waals surface area contributed by atoms with Gasteiger partial charge in [-0.1, -0.05) is 29.9 Å². The minimum absolute atomic E-state index is 0.0591. The summed E-state index contributed by atoms with van der Waals surface area (Å²) < 4.78 is 1.85. The summed E-state index contributed by atoms with van der Waals surface area (Å²) >= 11 is 7.33. The SMILES string of the molecule is CCCc1nnc(NC(=O)c2cn(CC)c3ccc(Cl)cc3c2=O)s1. The molecule has 25 heavy (non-hydrogen) atoms. The van der Waals surface area contributed by atoms with Gasteiger partial charge in [-0.25, -0.2) is 0 Å². The van der Waals surface area contributed by atoms with Crippen LogP contribution in [-0.4, -0.2) is 20.7 Å². The lowest BCUT2D eigenvalue weighted by atomic mass is 10.1. The first-order chi connectivity index (χ1) is 12.0. The fourth-order valence-corrected chi connectivity index (χ4v) is 3.59. The quantitative estimate of drug-likeness (QED) is 0.736. The number of carbonyl (C=O) groups excluding carboxylic acids is 1.